The van der Waals surface area contributed by atoms with Gasteiger partial charge in [0.2, 0.25) is 0 Å². The van der Waals surface area contributed by atoms with Crippen LogP contribution in [0.4, 0.5) is 0 Å². The highest BCUT2D eigenvalue weighted by Crippen LogP contribution is 2.25. The van der Waals surface area contributed by atoms with Crippen molar-refractivity contribution < 1.29 is 13.2 Å². The Morgan fingerprint density at radius 1 is 1.12 bits per heavy atom. The number of hydrogen-bond donors (Lipinski definition) is 0. The largest absolute Gasteiger partial charge is 0.300 e. The summed E-state index contributed by atoms with van der Waals surface area (Å²) in [6.07, 6.45) is 9.29. The van der Waals surface area contributed by atoms with E-state index in [9.17, 15) is 13.2 Å². The molecule has 1 rings (SSSR count). The second-order valence-corrected chi connectivity index (χ2v) is 7.24. The molecule has 0 aromatic rings. The van der Waals surface area contributed by atoms with Gasteiger partial charge < -0.3 is 0 Å². The first kappa shape index (κ1) is 13.7. The Balaban J connectivity index is 2.27. The van der Waals surface area contributed by atoms with Gasteiger partial charge in [-0.2, -0.15) is 0 Å². The predicted octanol–water partition coefficient (Wildman–Crippen LogP) is 2.35. The van der Waals surface area contributed by atoms with Crippen LogP contribution < -0.4 is 0 Å². The maximum atomic E-state index is 11.6. The van der Waals surface area contributed by atoms with Gasteiger partial charge in [-0.1, -0.05) is 38.5 Å². The van der Waals surface area contributed by atoms with E-state index >= 15 is 0 Å². The molecule has 0 atom stereocenters. The Morgan fingerprint density at radius 2 is 1.69 bits per heavy atom. The van der Waals surface area contributed by atoms with Crippen molar-refractivity contribution in [3.8, 4) is 0 Å². The third kappa shape index (κ3) is 6.26. The van der Waals surface area contributed by atoms with Gasteiger partial charge in [-0.3, -0.25) is 4.79 Å². The fourth-order valence-electron chi connectivity index (χ4n) is 2.29. The van der Waals surface area contributed by atoms with Gasteiger partial charge in [-0.15, -0.1) is 0 Å². The fourth-order valence-corrected chi connectivity index (χ4v) is 2.89. The van der Waals surface area contributed by atoms with Crippen molar-refractivity contribution >= 4 is 15.6 Å². The molecular weight excluding hydrogens is 224 g/mol. The smallest absolute Gasteiger partial charge is 0.147 e. The zero-order valence-corrected chi connectivity index (χ0v) is 10.9. The topological polar surface area (TPSA) is 51.2 Å². The lowest BCUT2D eigenvalue weighted by Crippen LogP contribution is -2.13. The molecule has 0 aromatic carbocycles. The lowest BCUT2D eigenvalue weighted by molar-refractivity contribution is -0.119. The van der Waals surface area contributed by atoms with E-state index in [2.05, 4.69) is 0 Å². The third-order valence-corrected chi connectivity index (χ3v) is 4.19. The number of carbonyl (C=O) groups excluding carboxylic acids is 1. The summed E-state index contributed by atoms with van der Waals surface area (Å²) in [5.74, 6) is 0.644. The van der Waals surface area contributed by atoms with Crippen LogP contribution in [0, 0.1) is 5.92 Å². The zero-order chi connectivity index (χ0) is 12.0. The molecule has 3 nitrogen and oxygen atoms in total. The molecule has 0 spiro atoms. The number of carbonyl (C=O) groups is 1. The highest BCUT2D eigenvalue weighted by molar-refractivity contribution is 7.90. The summed E-state index contributed by atoms with van der Waals surface area (Å²) in [6, 6.07) is 0. The molecule has 0 unspecified atom stereocenters. The molecule has 0 aliphatic heterocycles. The van der Waals surface area contributed by atoms with Gasteiger partial charge in [0.15, 0.2) is 0 Å². The van der Waals surface area contributed by atoms with Crippen molar-refractivity contribution in [3.05, 3.63) is 0 Å². The van der Waals surface area contributed by atoms with Crippen LogP contribution in [-0.2, 0) is 14.6 Å². The standard InChI is InChI=1S/C12H22O3S/c1-16(14,15)9-8-12(13)10-11-6-4-2-3-5-7-11/h11H,2-10H2,1H3. The van der Waals surface area contributed by atoms with Gasteiger partial charge in [0.05, 0.1) is 5.75 Å². The van der Waals surface area contributed by atoms with E-state index in [0.29, 0.717) is 12.3 Å². The third-order valence-electron chi connectivity index (χ3n) is 3.24. The minimum Gasteiger partial charge on any atom is -0.300 e. The Morgan fingerprint density at radius 3 is 2.19 bits per heavy atom. The SMILES string of the molecule is CS(=O)(=O)CCC(=O)CC1CCCCCC1. The van der Waals surface area contributed by atoms with Crippen molar-refractivity contribution in [3.63, 3.8) is 0 Å². The van der Waals surface area contributed by atoms with E-state index in [1.54, 1.807) is 0 Å². The monoisotopic (exact) mass is 246 g/mol. The molecule has 1 fully saturated rings. The maximum Gasteiger partial charge on any atom is 0.147 e. The average Bonchev–Trinajstić information content (AvgIpc) is 2.42. The van der Waals surface area contributed by atoms with Crippen molar-refractivity contribution in [2.75, 3.05) is 12.0 Å². The number of Topliss-reactive ketones (excluding diaryl/α,β-unsaturated/α-hetero) is 1. The van der Waals surface area contributed by atoms with Gasteiger partial charge in [-0.05, 0) is 5.92 Å². The summed E-state index contributed by atoms with van der Waals surface area (Å²) < 4.78 is 21.9. The van der Waals surface area contributed by atoms with E-state index in [1.165, 1.54) is 31.9 Å². The van der Waals surface area contributed by atoms with Crippen LogP contribution in [-0.4, -0.2) is 26.2 Å². The van der Waals surface area contributed by atoms with Crippen LogP contribution in [0.2, 0.25) is 0 Å². The van der Waals surface area contributed by atoms with Crippen molar-refractivity contribution in [1.82, 2.24) is 0 Å². The summed E-state index contributed by atoms with van der Waals surface area (Å²) in [6.45, 7) is 0. The molecule has 0 radical (unpaired) electrons. The number of hydrogen-bond acceptors (Lipinski definition) is 3. The zero-order valence-electron chi connectivity index (χ0n) is 10.1. The Hall–Kier alpha value is -0.380. The summed E-state index contributed by atoms with van der Waals surface area (Å²) in [7, 11) is -2.99. The van der Waals surface area contributed by atoms with Crippen LogP contribution in [0.25, 0.3) is 0 Å². The predicted molar refractivity (Wildman–Crippen MR) is 65.1 cm³/mol. The van der Waals surface area contributed by atoms with E-state index in [-0.39, 0.29) is 18.0 Å². The van der Waals surface area contributed by atoms with Gasteiger partial charge in [-0.25, -0.2) is 8.42 Å². The Kier molecular flexibility index (Phi) is 5.46. The normalized spacial score (nSPS) is 19.3. The van der Waals surface area contributed by atoms with E-state index < -0.39 is 9.84 Å². The molecule has 4 heteroatoms. The molecule has 0 saturated heterocycles. The van der Waals surface area contributed by atoms with Gasteiger partial charge in [0.25, 0.3) is 0 Å². The summed E-state index contributed by atoms with van der Waals surface area (Å²) >= 11 is 0. The Labute approximate surface area is 98.5 Å². The molecule has 1 saturated carbocycles. The minimum atomic E-state index is -2.99. The van der Waals surface area contributed by atoms with Crippen LogP contribution >= 0.6 is 0 Å². The molecule has 0 aromatic heterocycles. The second kappa shape index (κ2) is 6.38. The second-order valence-electron chi connectivity index (χ2n) is 4.98. The Bertz CT molecular complexity index is 311. The highest BCUT2D eigenvalue weighted by atomic mass is 32.2. The van der Waals surface area contributed by atoms with E-state index in [4.69, 9.17) is 0 Å². The highest BCUT2D eigenvalue weighted by Gasteiger charge is 2.16. The summed E-state index contributed by atoms with van der Waals surface area (Å²) in [5.41, 5.74) is 0. The van der Waals surface area contributed by atoms with Gasteiger partial charge in [0, 0.05) is 19.1 Å². The molecule has 0 N–H and O–H groups in total. The number of rotatable bonds is 5. The molecule has 16 heavy (non-hydrogen) atoms. The van der Waals surface area contributed by atoms with Crippen molar-refractivity contribution in [2.24, 2.45) is 5.92 Å². The average molecular weight is 246 g/mol. The number of ketones is 1. The van der Waals surface area contributed by atoms with Crippen LogP contribution in [0.15, 0.2) is 0 Å². The lowest BCUT2D eigenvalue weighted by atomic mass is 9.94. The van der Waals surface area contributed by atoms with Gasteiger partial charge in [0.1, 0.15) is 15.6 Å². The van der Waals surface area contributed by atoms with E-state index in [1.807, 2.05) is 0 Å². The maximum absolute atomic E-state index is 11.6. The molecule has 1 aliphatic rings. The summed E-state index contributed by atoms with van der Waals surface area (Å²) in [5, 5.41) is 0. The first-order valence-corrected chi connectivity index (χ1v) is 8.23. The first-order valence-electron chi connectivity index (χ1n) is 6.17. The molecule has 94 valence electrons. The molecular formula is C12H22O3S. The molecule has 0 bridgehead atoms. The van der Waals surface area contributed by atoms with Crippen molar-refractivity contribution in [1.29, 1.82) is 0 Å². The molecule has 0 heterocycles. The van der Waals surface area contributed by atoms with Crippen LogP contribution in [0.1, 0.15) is 51.4 Å². The number of sulfone groups is 1. The van der Waals surface area contributed by atoms with Gasteiger partial charge >= 0.3 is 0 Å². The fraction of sp³-hybridized carbons (Fsp3) is 0.917. The minimum absolute atomic E-state index is 0.0125. The van der Waals surface area contributed by atoms with Crippen molar-refractivity contribution in [2.45, 2.75) is 51.4 Å². The first-order chi connectivity index (χ1) is 7.47. The van der Waals surface area contributed by atoms with Crippen LogP contribution in [0.3, 0.4) is 0 Å². The van der Waals surface area contributed by atoms with E-state index in [0.717, 1.165) is 12.8 Å². The lowest BCUT2D eigenvalue weighted by Gasteiger charge is -2.12. The quantitative estimate of drug-likeness (QED) is 0.700. The van der Waals surface area contributed by atoms with Crippen LogP contribution in [0.5, 0.6) is 0 Å². The molecule has 1 aliphatic carbocycles. The molecule has 0 amide bonds. The summed E-state index contributed by atoms with van der Waals surface area (Å²) in [4.78, 5) is 11.6.